The van der Waals surface area contributed by atoms with Gasteiger partial charge in [-0.2, -0.15) is 0 Å². The van der Waals surface area contributed by atoms with E-state index in [9.17, 15) is 4.79 Å². The minimum Gasteiger partial charge on any atom is -0.466 e. The molecule has 0 aliphatic rings. The number of nitrogens with two attached hydrogens (primary N) is 1. The third-order valence-electron chi connectivity index (χ3n) is 2.54. The topological polar surface area (TPSA) is 68.1 Å². The molecule has 1 atom stereocenters. The van der Waals surface area contributed by atoms with Gasteiger partial charge in [0.05, 0.1) is 0 Å². The van der Waals surface area contributed by atoms with Gasteiger partial charge >= 0.3 is 0 Å². The second-order valence-corrected chi connectivity index (χ2v) is 3.75. The Kier molecular flexibility index (Phi) is 3.22. The number of hydrogen-bond donors (Lipinski definition) is 2. The Bertz CT molecular complexity index is 479. The molecule has 0 spiro atoms. The van der Waals surface area contributed by atoms with Gasteiger partial charge in [0.1, 0.15) is 6.61 Å². The van der Waals surface area contributed by atoms with Crippen LogP contribution in [0.25, 0.3) is 10.9 Å². The zero-order chi connectivity index (χ0) is 11.4. The monoisotopic (exact) mass is 218 g/mol. The van der Waals surface area contributed by atoms with Gasteiger partial charge in [-0.05, 0) is 18.1 Å². The first kappa shape index (κ1) is 10.7. The highest BCUT2D eigenvalue weighted by atomic mass is 16.5. The van der Waals surface area contributed by atoms with E-state index in [1.165, 1.54) is 5.39 Å². The molecule has 0 amide bonds. The van der Waals surface area contributed by atoms with Gasteiger partial charge in [-0.25, -0.2) is 0 Å². The average molecular weight is 218 g/mol. The third-order valence-corrected chi connectivity index (χ3v) is 2.54. The second kappa shape index (κ2) is 4.81. The van der Waals surface area contributed by atoms with Crippen LogP contribution in [0.2, 0.25) is 0 Å². The number of ether oxygens (including phenoxy) is 1. The van der Waals surface area contributed by atoms with E-state index in [4.69, 9.17) is 5.73 Å². The van der Waals surface area contributed by atoms with Crippen LogP contribution in [0, 0.1) is 0 Å². The molecule has 2 rings (SSSR count). The van der Waals surface area contributed by atoms with Gasteiger partial charge in [-0.3, -0.25) is 4.79 Å². The maximum Gasteiger partial charge on any atom is 0.293 e. The summed E-state index contributed by atoms with van der Waals surface area (Å²) in [7, 11) is 0. The summed E-state index contributed by atoms with van der Waals surface area (Å²) >= 11 is 0. The number of carbonyl (C=O) groups is 1. The minimum atomic E-state index is -0.163. The molecular weight excluding hydrogens is 204 g/mol. The Balaban J connectivity index is 2.12. The summed E-state index contributed by atoms with van der Waals surface area (Å²) in [4.78, 5) is 13.2. The molecule has 0 saturated carbocycles. The van der Waals surface area contributed by atoms with Crippen molar-refractivity contribution in [1.29, 1.82) is 0 Å². The van der Waals surface area contributed by atoms with Crippen LogP contribution in [-0.2, 0) is 16.0 Å². The van der Waals surface area contributed by atoms with E-state index in [-0.39, 0.29) is 12.6 Å². The van der Waals surface area contributed by atoms with Crippen molar-refractivity contribution < 1.29 is 9.53 Å². The molecule has 4 nitrogen and oxygen atoms in total. The second-order valence-electron chi connectivity index (χ2n) is 3.75. The van der Waals surface area contributed by atoms with Crippen LogP contribution in [0.4, 0.5) is 0 Å². The quantitative estimate of drug-likeness (QED) is 0.741. The number of benzene rings is 1. The summed E-state index contributed by atoms with van der Waals surface area (Å²) in [6.07, 6.45) is 2.64. The molecule has 1 heterocycles. The largest absolute Gasteiger partial charge is 0.466 e. The van der Waals surface area contributed by atoms with Gasteiger partial charge in [0.2, 0.25) is 0 Å². The fourth-order valence-corrected chi connectivity index (χ4v) is 1.80. The Morgan fingerprint density at radius 3 is 3.06 bits per heavy atom. The Labute approximate surface area is 93.4 Å². The summed E-state index contributed by atoms with van der Waals surface area (Å²) in [5.74, 6) is 0. The molecule has 0 bridgehead atoms. The molecule has 2 aromatic rings. The van der Waals surface area contributed by atoms with E-state index < -0.39 is 0 Å². The smallest absolute Gasteiger partial charge is 0.293 e. The lowest BCUT2D eigenvalue weighted by Crippen LogP contribution is -2.28. The molecular formula is C12H14N2O2. The number of aromatic amines is 1. The first-order valence-corrected chi connectivity index (χ1v) is 5.17. The standard InChI is InChI=1S/C12H14N2O2/c13-10(7-16-8-15)5-9-6-14-12-4-2-1-3-11(9)12/h1-4,6,8,10,14H,5,7,13H2. The van der Waals surface area contributed by atoms with Crippen molar-refractivity contribution in [2.45, 2.75) is 12.5 Å². The highest BCUT2D eigenvalue weighted by molar-refractivity contribution is 5.83. The Morgan fingerprint density at radius 2 is 2.25 bits per heavy atom. The van der Waals surface area contributed by atoms with Crippen LogP contribution in [-0.4, -0.2) is 24.1 Å². The number of aromatic nitrogens is 1. The van der Waals surface area contributed by atoms with Crippen LogP contribution in [0.15, 0.2) is 30.5 Å². The van der Waals surface area contributed by atoms with Crippen molar-refractivity contribution >= 4 is 17.4 Å². The molecule has 16 heavy (non-hydrogen) atoms. The van der Waals surface area contributed by atoms with Crippen LogP contribution >= 0.6 is 0 Å². The van der Waals surface area contributed by atoms with E-state index in [1.54, 1.807) is 0 Å². The minimum absolute atomic E-state index is 0.163. The normalized spacial score (nSPS) is 12.6. The maximum atomic E-state index is 10.0. The summed E-state index contributed by atoms with van der Waals surface area (Å²) in [5, 5.41) is 1.17. The van der Waals surface area contributed by atoms with Crippen LogP contribution in [0.3, 0.4) is 0 Å². The molecule has 84 valence electrons. The predicted molar refractivity (Wildman–Crippen MR) is 62.0 cm³/mol. The number of fused-ring (bicyclic) bond motifs is 1. The lowest BCUT2D eigenvalue weighted by molar-refractivity contribution is -0.129. The lowest BCUT2D eigenvalue weighted by atomic mass is 10.1. The Morgan fingerprint density at radius 1 is 1.44 bits per heavy atom. The molecule has 1 aromatic heterocycles. The van der Waals surface area contributed by atoms with Gasteiger partial charge in [-0.1, -0.05) is 18.2 Å². The van der Waals surface area contributed by atoms with Gasteiger partial charge < -0.3 is 15.5 Å². The van der Waals surface area contributed by atoms with Crippen LogP contribution in [0.5, 0.6) is 0 Å². The predicted octanol–water partition coefficient (Wildman–Crippen LogP) is 1.21. The summed E-state index contributed by atoms with van der Waals surface area (Å²) in [6.45, 7) is 0.679. The number of hydrogen-bond acceptors (Lipinski definition) is 3. The number of nitrogens with one attached hydrogen (secondary N) is 1. The van der Waals surface area contributed by atoms with Crippen molar-refractivity contribution in [1.82, 2.24) is 4.98 Å². The molecule has 0 aliphatic carbocycles. The van der Waals surface area contributed by atoms with E-state index in [1.807, 2.05) is 24.4 Å². The van der Waals surface area contributed by atoms with Crippen molar-refractivity contribution in [3.63, 3.8) is 0 Å². The van der Waals surface area contributed by atoms with Gasteiger partial charge in [0, 0.05) is 23.1 Å². The van der Waals surface area contributed by atoms with Gasteiger partial charge in [0.25, 0.3) is 6.47 Å². The third kappa shape index (κ3) is 2.23. The van der Waals surface area contributed by atoms with Gasteiger partial charge in [-0.15, -0.1) is 0 Å². The van der Waals surface area contributed by atoms with Crippen molar-refractivity contribution in [2.24, 2.45) is 5.73 Å². The summed E-state index contributed by atoms with van der Waals surface area (Å²) < 4.78 is 4.64. The molecule has 0 aliphatic heterocycles. The van der Waals surface area contributed by atoms with E-state index >= 15 is 0 Å². The molecule has 0 saturated heterocycles. The summed E-state index contributed by atoms with van der Waals surface area (Å²) in [5.41, 5.74) is 8.09. The molecule has 1 aromatic carbocycles. The van der Waals surface area contributed by atoms with E-state index in [0.29, 0.717) is 12.9 Å². The average Bonchev–Trinajstić information content (AvgIpc) is 2.70. The zero-order valence-electron chi connectivity index (χ0n) is 8.85. The molecule has 0 fully saturated rings. The zero-order valence-corrected chi connectivity index (χ0v) is 8.85. The van der Waals surface area contributed by atoms with Crippen LogP contribution < -0.4 is 5.73 Å². The number of para-hydroxylation sites is 1. The number of H-pyrrole nitrogens is 1. The number of carbonyl (C=O) groups excluding carboxylic acids is 1. The molecule has 4 heteroatoms. The fourth-order valence-electron chi connectivity index (χ4n) is 1.80. The highest BCUT2D eigenvalue weighted by Gasteiger charge is 2.08. The number of rotatable bonds is 5. The van der Waals surface area contributed by atoms with E-state index in [0.717, 1.165) is 11.1 Å². The lowest BCUT2D eigenvalue weighted by Gasteiger charge is -2.08. The first-order valence-electron chi connectivity index (χ1n) is 5.17. The summed E-state index contributed by atoms with van der Waals surface area (Å²) in [6, 6.07) is 7.88. The fraction of sp³-hybridized carbons (Fsp3) is 0.250. The van der Waals surface area contributed by atoms with Crippen molar-refractivity contribution in [3.8, 4) is 0 Å². The Hall–Kier alpha value is -1.81. The van der Waals surface area contributed by atoms with Crippen LogP contribution in [0.1, 0.15) is 5.56 Å². The maximum absolute atomic E-state index is 10.0. The highest BCUT2D eigenvalue weighted by Crippen LogP contribution is 2.18. The molecule has 3 N–H and O–H groups in total. The van der Waals surface area contributed by atoms with E-state index in [2.05, 4.69) is 15.8 Å². The van der Waals surface area contributed by atoms with Crippen molar-refractivity contribution in [3.05, 3.63) is 36.0 Å². The molecule has 1 unspecified atom stereocenters. The molecule has 0 radical (unpaired) electrons. The SMILES string of the molecule is NC(COC=O)Cc1c[nH]c2ccccc12. The first-order chi connectivity index (χ1) is 7.81. The van der Waals surface area contributed by atoms with Crippen molar-refractivity contribution in [2.75, 3.05) is 6.61 Å². The van der Waals surface area contributed by atoms with Gasteiger partial charge in [0.15, 0.2) is 0 Å².